The highest BCUT2D eigenvalue weighted by molar-refractivity contribution is 5.52. The Morgan fingerprint density at radius 2 is 1.89 bits per heavy atom. The average Bonchev–Trinajstić information content (AvgIpc) is 2.38. The van der Waals surface area contributed by atoms with Crippen LogP contribution in [0.1, 0.15) is 0 Å². The van der Waals surface area contributed by atoms with Gasteiger partial charge < -0.3 is 20.3 Å². The van der Waals surface area contributed by atoms with E-state index in [1.54, 1.807) is 6.08 Å². The highest BCUT2D eigenvalue weighted by Gasteiger charge is 2.14. The fraction of sp³-hybridized carbons (Fsp3) is 0.467. The number of nitrogens with zero attached hydrogens (tertiary/aromatic N) is 2. The molecule has 0 spiro atoms. The fourth-order valence-corrected chi connectivity index (χ4v) is 1.80. The topological polar surface area (TPSA) is 41.7 Å². The fourth-order valence-electron chi connectivity index (χ4n) is 1.80. The second-order valence-corrected chi connectivity index (χ2v) is 4.92. The number of rotatable bonds is 8. The van der Waals surface area contributed by atoms with Crippen LogP contribution in [0.2, 0.25) is 0 Å². The molecule has 0 amide bonds. The number of ether oxygens (including phenoxy) is 1. The van der Waals surface area contributed by atoms with Crippen molar-refractivity contribution in [2.45, 2.75) is 6.04 Å². The Balaban J connectivity index is 2.57. The molecule has 0 heterocycles. The number of nitrogens with two attached hydrogens (primary N) is 1. The lowest BCUT2D eigenvalue weighted by Crippen LogP contribution is -2.42. The standard InChI is InChI=1S/C15H25N3O/c1-5-10-19-12-15(17(2)3)11-18(4)14-8-6-13(16)7-9-14/h5-9,15H,1,10-12,16H2,2-4H3. The number of hydrogen-bond acceptors (Lipinski definition) is 4. The normalized spacial score (nSPS) is 12.4. The van der Waals surface area contributed by atoms with Crippen LogP contribution in [-0.2, 0) is 4.74 Å². The van der Waals surface area contributed by atoms with E-state index in [1.165, 1.54) is 0 Å². The van der Waals surface area contributed by atoms with E-state index >= 15 is 0 Å². The summed E-state index contributed by atoms with van der Waals surface area (Å²) in [5.74, 6) is 0. The van der Waals surface area contributed by atoms with Gasteiger partial charge in [-0.1, -0.05) is 6.08 Å². The van der Waals surface area contributed by atoms with Gasteiger partial charge in [0, 0.05) is 31.0 Å². The highest BCUT2D eigenvalue weighted by Crippen LogP contribution is 2.15. The van der Waals surface area contributed by atoms with Crippen molar-refractivity contribution < 1.29 is 4.74 Å². The lowest BCUT2D eigenvalue weighted by atomic mass is 10.2. The summed E-state index contributed by atoms with van der Waals surface area (Å²) in [5, 5.41) is 0. The van der Waals surface area contributed by atoms with Crippen LogP contribution >= 0.6 is 0 Å². The van der Waals surface area contributed by atoms with Gasteiger partial charge in [-0.2, -0.15) is 0 Å². The first-order chi connectivity index (χ1) is 9.04. The molecule has 0 aliphatic heterocycles. The Bertz CT molecular complexity index is 375. The molecule has 106 valence electrons. The van der Waals surface area contributed by atoms with Crippen LogP contribution in [0, 0.1) is 0 Å². The van der Waals surface area contributed by atoms with Gasteiger partial charge in [0.15, 0.2) is 0 Å². The van der Waals surface area contributed by atoms with Crippen molar-refractivity contribution in [1.82, 2.24) is 4.90 Å². The Hall–Kier alpha value is -1.52. The second-order valence-electron chi connectivity index (χ2n) is 4.92. The summed E-state index contributed by atoms with van der Waals surface area (Å²) in [6.45, 7) is 5.84. The van der Waals surface area contributed by atoms with Crippen LogP contribution in [0.5, 0.6) is 0 Å². The molecule has 2 N–H and O–H groups in total. The summed E-state index contributed by atoms with van der Waals surface area (Å²) in [6, 6.07) is 8.25. The predicted octanol–water partition coefficient (Wildman–Crippen LogP) is 1.84. The first-order valence-corrected chi connectivity index (χ1v) is 6.46. The maximum Gasteiger partial charge on any atom is 0.0645 e. The van der Waals surface area contributed by atoms with E-state index in [-0.39, 0.29) is 0 Å². The Morgan fingerprint density at radius 3 is 2.42 bits per heavy atom. The van der Waals surface area contributed by atoms with Crippen molar-refractivity contribution in [3.63, 3.8) is 0 Å². The highest BCUT2D eigenvalue weighted by atomic mass is 16.5. The molecule has 0 saturated carbocycles. The van der Waals surface area contributed by atoms with Gasteiger partial charge in [0.25, 0.3) is 0 Å². The zero-order chi connectivity index (χ0) is 14.3. The van der Waals surface area contributed by atoms with E-state index in [4.69, 9.17) is 10.5 Å². The van der Waals surface area contributed by atoms with E-state index in [0.29, 0.717) is 19.3 Å². The van der Waals surface area contributed by atoms with Crippen LogP contribution in [-0.4, -0.2) is 51.8 Å². The minimum absolute atomic E-state index is 0.336. The summed E-state index contributed by atoms with van der Waals surface area (Å²) < 4.78 is 5.56. The number of hydrogen-bond donors (Lipinski definition) is 1. The molecular weight excluding hydrogens is 238 g/mol. The molecule has 1 unspecified atom stereocenters. The van der Waals surface area contributed by atoms with Gasteiger partial charge in [-0.05, 0) is 38.4 Å². The molecule has 4 nitrogen and oxygen atoms in total. The molecule has 1 aromatic rings. The smallest absolute Gasteiger partial charge is 0.0645 e. The van der Waals surface area contributed by atoms with E-state index < -0.39 is 0 Å². The molecule has 0 saturated heterocycles. The summed E-state index contributed by atoms with van der Waals surface area (Å²) in [4.78, 5) is 4.39. The van der Waals surface area contributed by atoms with Gasteiger partial charge in [0.1, 0.15) is 0 Å². The summed E-state index contributed by atoms with van der Waals surface area (Å²) >= 11 is 0. The molecule has 0 aromatic heterocycles. The van der Waals surface area contributed by atoms with Crippen LogP contribution in [0.3, 0.4) is 0 Å². The summed E-state index contributed by atoms with van der Waals surface area (Å²) in [5.41, 5.74) is 7.65. The quantitative estimate of drug-likeness (QED) is 0.441. The second kappa shape index (κ2) is 7.81. The maximum absolute atomic E-state index is 5.70. The SMILES string of the molecule is C=CCOCC(CN(C)c1ccc(N)cc1)N(C)C. The molecule has 0 aliphatic carbocycles. The van der Waals surface area contributed by atoms with Crippen molar-refractivity contribution in [2.24, 2.45) is 0 Å². The molecule has 19 heavy (non-hydrogen) atoms. The molecular formula is C15H25N3O. The largest absolute Gasteiger partial charge is 0.399 e. The third-order valence-corrected chi connectivity index (χ3v) is 3.09. The first-order valence-electron chi connectivity index (χ1n) is 6.46. The van der Waals surface area contributed by atoms with Gasteiger partial charge in [-0.15, -0.1) is 6.58 Å². The van der Waals surface area contributed by atoms with Crippen molar-refractivity contribution >= 4 is 11.4 Å². The third kappa shape index (κ3) is 5.32. The Morgan fingerprint density at radius 1 is 1.26 bits per heavy atom. The lowest BCUT2D eigenvalue weighted by molar-refractivity contribution is 0.100. The van der Waals surface area contributed by atoms with Crippen molar-refractivity contribution in [1.29, 1.82) is 0 Å². The molecule has 0 bridgehead atoms. The summed E-state index contributed by atoms with van der Waals surface area (Å²) in [7, 11) is 6.22. The molecule has 0 fully saturated rings. The van der Waals surface area contributed by atoms with Crippen LogP contribution in [0.4, 0.5) is 11.4 Å². The van der Waals surface area contributed by atoms with E-state index in [0.717, 1.165) is 17.9 Å². The van der Waals surface area contributed by atoms with E-state index in [9.17, 15) is 0 Å². The van der Waals surface area contributed by atoms with Crippen LogP contribution in [0.25, 0.3) is 0 Å². The molecule has 0 aliphatic rings. The molecule has 0 radical (unpaired) electrons. The zero-order valence-electron chi connectivity index (χ0n) is 12.2. The van der Waals surface area contributed by atoms with E-state index in [1.807, 2.05) is 24.3 Å². The first kappa shape index (κ1) is 15.5. The minimum Gasteiger partial charge on any atom is -0.399 e. The Kier molecular flexibility index (Phi) is 6.39. The maximum atomic E-state index is 5.70. The molecule has 1 aromatic carbocycles. The average molecular weight is 263 g/mol. The van der Waals surface area contributed by atoms with Crippen molar-refractivity contribution in [3.8, 4) is 0 Å². The third-order valence-electron chi connectivity index (χ3n) is 3.09. The van der Waals surface area contributed by atoms with Gasteiger partial charge in [-0.25, -0.2) is 0 Å². The number of benzene rings is 1. The number of anilines is 2. The van der Waals surface area contributed by atoms with Gasteiger partial charge in [-0.3, -0.25) is 0 Å². The minimum atomic E-state index is 0.336. The molecule has 1 atom stereocenters. The monoisotopic (exact) mass is 263 g/mol. The number of nitrogen functional groups attached to an aromatic ring is 1. The van der Waals surface area contributed by atoms with Crippen LogP contribution < -0.4 is 10.6 Å². The van der Waals surface area contributed by atoms with Gasteiger partial charge >= 0.3 is 0 Å². The molecule has 1 rings (SSSR count). The van der Waals surface area contributed by atoms with E-state index in [2.05, 4.69) is 37.5 Å². The predicted molar refractivity (Wildman–Crippen MR) is 82.6 cm³/mol. The van der Waals surface area contributed by atoms with Gasteiger partial charge in [0.2, 0.25) is 0 Å². The van der Waals surface area contributed by atoms with Crippen LogP contribution in [0.15, 0.2) is 36.9 Å². The lowest BCUT2D eigenvalue weighted by Gasteiger charge is -2.30. The number of likely N-dealkylation sites (N-methyl/N-ethyl adjacent to an activating group) is 2. The van der Waals surface area contributed by atoms with Crippen molar-refractivity contribution in [3.05, 3.63) is 36.9 Å². The summed E-state index contributed by atoms with van der Waals surface area (Å²) in [6.07, 6.45) is 1.77. The molecule has 4 heteroatoms. The van der Waals surface area contributed by atoms with Crippen molar-refractivity contribution in [2.75, 3.05) is 51.5 Å². The zero-order valence-corrected chi connectivity index (χ0v) is 12.2. The Labute approximate surface area is 116 Å². The van der Waals surface area contributed by atoms with Gasteiger partial charge in [0.05, 0.1) is 13.2 Å².